The van der Waals surface area contributed by atoms with Crippen LogP contribution in [-0.2, 0) is 14.8 Å². The summed E-state index contributed by atoms with van der Waals surface area (Å²) in [4.78, 5) is 15.2. The third-order valence-electron chi connectivity index (χ3n) is 4.61. The van der Waals surface area contributed by atoms with E-state index in [0.717, 1.165) is 19.3 Å². The van der Waals surface area contributed by atoms with Gasteiger partial charge in [-0.1, -0.05) is 6.42 Å². The molecular weight excluding hydrogens is 360 g/mol. The van der Waals surface area contributed by atoms with Crippen LogP contribution in [0.1, 0.15) is 49.7 Å². The average Bonchev–Trinajstić information content (AvgIpc) is 3.03. The molecule has 0 saturated carbocycles. The van der Waals surface area contributed by atoms with Crippen LogP contribution in [0.5, 0.6) is 0 Å². The van der Waals surface area contributed by atoms with Crippen LogP contribution >= 0.6 is 11.3 Å². The summed E-state index contributed by atoms with van der Waals surface area (Å²) in [5.74, 6) is -0.214. The highest BCUT2D eigenvalue weighted by molar-refractivity contribution is 7.89. The van der Waals surface area contributed by atoms with E-state index in [1.807, 2.05) is 20.8 Å². The van der Waals surface area contributed by atoms with Crippen LogP contribution in [0.25, 0.3) is 0 Å². The predicted molar refractivity (Wildman–Crippen MR) is 97.5 cm³/mol. The van der Waals surface area contributed by atoms with Gasteiger partial charge in [0.05, 0.1) is 11.7 Å². The molecule has 1 atom stereocenters. The van der Waals surface area contributed by atoms with Gasteiger partial charge in [0.25, 0.3) is 5.91 Å². The zero-order chi connectivity index (χ0) is 18.2. The van der Waals surface area contributed by atoms with Crippen LogP contribution in [0, 0.1) is 0 Å². The maximum atomic E-state index is 13.0. The molecule has 1 aromatic rings. The first-order chi connectivity index (χ1) is 11.7. The van der Waals surface area contributed by atoms with E-state index in [1.165, 1.54) is 15.6 Å². The fourth-order valence-corrected chi connectivity index (χ4v) is 6.53. The van der Waals surface area contributed by atoms with E-state index in [9.17, 15) is 13.2 Å². The van der Waals surface area contributed by atoms with E-state index in [4.69, 9.17) is 4.74 Å². The molecular formula is C17H26N2O4S2. The molecule has 3 heterocycles. The van der Waals surface area contributed by atoms with Crippen molar-refractivity contribution in [2.75, 3.05) is 26.2 Å². The first-order valence-corrected chi connectivity index (χ1v) is 11.1. The Morgan fingerprint density at radius 2 is 1.96 bits per heavy atom. The Bertz CT molecular complexity index is 736. The van der Waals surface area contributed by atoms with Crippen molar-refractivity contribution < 1.29 is 17.9 Å². The Balaban J connectivity index is 1.87. The quantitative estimate of drug-likeness (QED) is 0.801. The summed E-state index contributed by atoms with van der Waals surface area (Å²) < 4.78 is 33.3. The molecule has 0 aromatic carbocycles. The highest BCUT2D eigenvalue weighted by Crippen LogP contribution is 2.30. The SMILES string of the molecule is CC1CN(C(=O)c2sccc2S(=O)(=O)N2CCCCC2)CC(C)(C)O1. The third kappa shape index (κ3) is 3.92. The molecule has 25 heavy (non-hydrogen) atoms. The van der Waals surface area contributed by atoms with Gasteiger partial charge in [-0.3, -0.25) is 4.79 Å². The smallest absolute Gasteiger partial charge is 0.265 e. The molecule has 2 aliphatic heterocycles. The fraction of sp³-hybridized carbons (Fsp3) is 0.706. The van der Waals surface area contributed by atoms with Crippen molar-refractivity contribution in [3.63, 3.8) is 0 Å². The van der Waals surface area contributed by atoms with E-state index < -0.39 is 15.6 Å². The lowest BCUT2D eigenvalue weighted by Gasteiger charge is -2.41. The molecule has 2 fully saturated rings. The number of carbonyl (C=O) groups excluding carboxylic acids is 1. The number of hydrogen-bond acceptors (Lipinski definition) is 5. The lowest BCUT2D eigenvalue weighted by molar-refractivity contribution is -0.118. The van der Waals surface area contributed by atoms with Crippen LogP contribution in [0.4, 0.5) is 0 Å². The molecule has 0 radical (unpaired) electrons. The number of morpholine rings is 1. The monoisotopic (exact) mass is 386 g/mol. The minimum Gasteiger partial charge on any atom is -0.369 e. The van der Waals surface area contributed by atoms with Gasteiger partial charge in [0.15, 0.2) is 0 Å². The summed E-state index contributed by atoms with van der Waals surface area (Å²) >= 11 is 1.21. The van der Waals surface area contributed by atoms with Crippen LogP contribution in [0.3, 0.4) is 0 Å². The standard InChI is InChI=1S/C17H26N2O4S2/c1-13-11-18(12-17(2,3)23-13)16(20)15-14(7-10-24-15)25(21,22)19-8-5-4-6-9-19/h7,10,13H,4-6,8-9,11-12H2,1-3H3. The molecule has 3 rings (SSSR count). The molecule has 8 heteroatoms. The van der Waals surface area contributed by atoms with Gasteiger partial charge in [-0.05, 0) is 45.1 Å². The van der Waals surface area contributed by atoms with Gasteiger partial charge in [-0.25, -0.2) is 8.42 Å². The minimum atomic E-state index is -3.61. The predicted octanol–water partition coefficient (Wildman–Crippen LogP) is 2.56. The second kappa shape index (κ2) is 6.98. The van der Waals surface area contributed by atoms with Crippen LogP contribution in [-0.4, -0.2) is 61.4 Å². The van der Waals surface area contributed by atoms with Crippen LogP contribution < -0.4 is 0 Å². The van der Waals surface area contributed by atoms with Gasteiger partial charge >= 0.3 is 0 Å². The number of piperidine rings is 1. The van der Waals surface area contributed by atoms with Crippen LogP contribution in [0.15, 0.2) is 16.3 Å². The topological polar surface area (TPSA) is 66.9 Å². The van der Waals surface area contributed by atoms with E-state index in [-0.39, 0.29) is 16.9 Å². The molecule has 1 amide bonds. The maximum absolute atomic E-state index is 13.0. The van der Waals surface area contributed by atoms with E-state index in [1.54, 1.807) is 16.3 Å². The normalized spacial score (nSPS) is 25.1. The Hall–Kier alpha value is -0.960. The molecule has 0 N–H and O–H groups in total. The van der Waals surface area contributed by atoms with Gasteiger partial charge < -0.3 is 9.64 Å². The zero-order valence-electron chi connectivity index (χ0n) is 15.0. The van der Waals surface area contributed by atoms with E-state index in [2.05, 4.69) is 0 Å². The lowest BCUT2D eigenvalue weighted by atomic mass is 10.1. The third-order valence-corrected chi connectivity index (χ3v) is 7.59. The van der Waals surface area contributed by atoms with Crippen molar-refractivity contribution in [1.29, 1.82) is 0 Å². The number of nitrogens with zero attached hydrogens (tertiary/aromatic N) is 2. The average molecular weight is 387 g/mol. The summed E-state index contributed by atoms with van der Waals surface area (Å²) in [6, 6.07) is 1.57. The van der Waals surface area contributed by atoms with Crippen molar-refractivity contribution in [1.82, 2.24) is 9.21 Å². The number of carbonyl (C=O) groups is 1. The Labute approximate surface area is 153 Å². The van der Waals surface area contributed by atoms with E-state index in [0.29, 0.717) is 31.1 Å². The molecule has 2 aliphatic rings. The maximum Gasteiger partial charge on any atom is 0.265 e. The molecule has 2 saturated heterocycles. The Morgan fingerprint density at radius 1 is 1.28 bits per heavy atom. The second-order valence-corrected chi connectivity index (χ2v) is 10.3. The summed E-state index contributed by atoms with van der Waals surface area (Å²) in [6.07, 6.45) is 2.74. The van der Waals surface area contributed by atoms with Crippen molar-refractivity contribution >= 4 is 27.3 Å². The number of rotatable bonds is 3. The molecule has 0 spiro atoms. The van der Waals surface area contributed by atoms with Crippen molar-refractivity contribution in [2.24, 2.45) is 0 Å². The van der Waals surface area contributed by atoms with Gasteiger partial charge in [-0.2, -0.15) is 4.31 Å². The first-order valence-electron chi connectivity index (χ1n) is 8.75. The minimum absolute atomic E-state index is 0.0742. The van der Waals surface area contributed by atoms with Gasteiger partial charge in [0, 0.05) is 26.2 Å². The zero-order valence-corrected chi connectivity index (χ0v) is 16.7. The number of hydrogen-bond donors (Lipinski definition) is 0. The lowest BCUT2D eigenvalue weighted by Crippen LogP contribution is -2.53. The Morgan fingerprint density at radius 3 is 2.60 bits per heavy atom. The van der Waals surface area contributed by atoms with Crippen LogP contribution in [0.2, 0.25) is 0 Å². The number of sulfonamides is 1. The van der Waals surface area contributed by atoms with Crippen molar-refractivity contribution in [3.05, 3.63) is 16.3 Å². The van der Waals surface area contributed by atoms with Gasteiger partial charge in [0.1, 0.15) is 9.77 Å². The number of thiophene rings is 1. The largest absolute Gasteiger partial charge is 0.369 e. The molecule has 0 bridgehead atoms. The number of ether oxygens (including phenoxy) is 1. The van der Waals surface area contributed by atoms with Crippen molar-refractivity contribution in [3.8, 4) is 0 Å². The molecule has 6 nitrogen and oxygen atoms in total. The van der Waals surface area contributed by atoms with Gasteiger partial charge in [-0.15, -0.1) is 11.3 Å². The summed E-state index contributed by atoms with van der Waals surface area (Å²) in [7, 11) is -3.61. The molecule has 1 aromatic heterocycles. The first kappa shape index (κ1) is 18.8. The van der Waals surface area contributed by atoms with Gasteiger partial charge in [0.2, 0.25) is 10.0 Å². The fourth-order valence-electron chi connectivity index (χ4n) is 3.65. The van der Waals surface area contributed by atoms with Crippen molar-refractivity contribution in [2.45, 2.75) is 56.6 Å². The second-order valence-electron chi connectivity index (χ2n) is 7.45. The summed E-state index contributed by atoms with van der Waals surface area (Å²) in [5, 5.41) is 1.69. The molecule has 0 aliphatic carbocycles. The molecule has 140 valence electrons. The number of amides is 1. The Kier molecular flexibility index (Phi) is 5.26. The summed E-state index contributed by atoms with van der Waals surface area (Å²) in [5.41, 5.74) is -0.434. The summed E-state index contributed by atoms with van der Waals surface area (Å²) in [6.45, 7) is 7.83. The highest BCUT2D eigenvalue weighted by atomic mass is 32.2. The highest BCUT2D eigenvalue weighted by Gasteiger charge is 2.37. The van der Waals surface area contributed by atoms with E-state index >= 15 is 0 Å². The molecule has 1 unspecified atom stereocenters.